The van der Waals surface area contributed by atoms with Gasteiger partial charge in [0.15, 0.2) is 0 Å². The fourth-order valence-corrected chi connectivity index (χ4v) is 1.65. The summed E-state index contributed by atoms with van der Waals surface area (Å²) in [7, 11) is 1.65. The average molecular weight is 226 g/mol. The molecule has 0 heterocycles. The number of aryl methyl sites for hydroxylation is 1. The molecule has 0 spiro atoms. The van der Waals surface area contributed by atoms with Crippen LogP contribution in [-0.4, -0.2) is 19.3 Å². The van der Waals surface area contributed by atoms with Crippen molar-refractivity contribution >= 4 is 0 Å². The highest BCUT2D eigenvalue weighted by atomic mass is 19.1. The van der Waals surface area contributed by atoms with E-state index in [0.29, 0.717) is 0 Å². The van der Waals surface area contributed by atoms with Crippen molar-refractivity contribution in [2.24, 2.45) is 5.84 Å². The molecule has 90 valence electrons. The summed E-state index contributed by atoms with van der Waals surface area (Å²) in [6.07, 6.45) is 0.729. The van der Waals surface area contributed by atoms with Gasteiger partial charge in [-0.1, -0.05) is 6.07 Å². The van der Waals surface area contributed by atoms with Crippen molar-refractivity contribution in [3.8, 4) is 0 Å². The summed E-state index contributed by atoms with van der Waals surface area (Å²) in [6, 6.07) is 4.81. The lowest BCUT2D eigenvalue weighted by molar-refractivity contribution is 0.0831. The second kappa shape index (κ2) is 5.94. The van der Waals surface area contributed by atoms with Gasteiger partial charge in [-0.3, -0.25) is 11.3 Å². The van der Waals surface area contributed by atoms with Gasteiger partial charge in [0.1, 0.15) is 5.82 Å². The molecule has 0 aliphatic carbocycles. The van der Waals surface area contributed by atoms with Crippen molar-refractivity contribution < 1.29 is 9.13 Å². The third kappa shape index (κ3) is 3.27. The van der Waals surface area contributed by atoms with Gasteiger partial charge in [-0.2, -0.15) is 0 Å². The number of benzene rings is 1. The molecule has 0 saturated carbocycles. The Morgan fingerprint density at radius 1 is 1.50 bits per heavy atom. The highest BCUT2D eigenvalue weighted by Crippen LogP contribution is 2.14. The van der Waals surface area contributed by atoms with Gasteiger partial charge in [-0.25, -0.2) is 4.39 Å². The first-order chi connectivity index (χ1) is 7.58. The molecule has 2 unspecified atom stereocenters. The molecule has 3 nitrogen and oxygen atoms in total. The molecular formula is C12H19FN2O. The standard InChI is InChI=1S/C12H19FN2O/c1-8-6-11(13)5-4-10(8)7-12(15-14)9(2)16-3/h4-6,9,12,15H,7,14H2,1-3H3. The number of nitrogens with one attached hydrogen (secondary N) is 1. The quantitative estimate of drug-likeness (QED) is 0.591. The maximum Gasteiger partial charge on any atom is 0.123 e. The first-order valence-electron chi connectivity index (χ1n) is 5.32. The topological polar surface area (TPSA) is 47.3 Å². The molecule has 1 aromatic rings. The fraction of sp³-hybridized carbons (Fsp3) is 0.500. The van der Waals surface area contributed by atoms with Gasteiger partial charge in [0, 0.05) is 7.11 Å². The number of halogens is 1. The zero-order valence-corrected chi connectivity index (χ0v) is 9.96. The van der Waals surface area contributed by atoms with Gasteiger partial charge in [0.2, 0.25) is 0 Å². The molecule has 0 aliphatic rings. The Balaban J connectivity index is 2.78. The van der Waals surface area contributed by atoms with Crippen LogP contribution in [0, 0.1) is 12.7 Å². The monoisotopic (exact) mass is 226 g/mol. The Labute approximate surface area is 95.8 Å². The summed E-state index contributed by atoms with van der Waals surface area (Å²) in [5.41, 5.74) is 4.74. The van der Waals surface area contributed by atoms with Crippen LogP contribution >= 0.6 is 0 Å². The van der Waals surface area contributed by atoms with E-state index < -0.39 is 0 Å². The van der Waals surface area contributed by atoms with E-state index in [1.807, 2.05) is 13.8 Å². The smallest absolute Gasteiger partial charge is 0.123 e. The molecule has 0 fully saturated rings. The minimum Gasteiger partial charge on any atom is -0.380 e. The van der Waals surface area contributed by atoms with Crippen molar-refractivity contribution in [1.82, 2.24) is 5.43 Å². The number of nitrogens with two attached hydrogens (primary N) is 1. The van der Waals surface area contributed by atoms with E-state index in [-0.39, 0.29) is 18.0 Å². The van der Waals surface area contributed by atoms with Crippen LogP contribution in [0.1, 0.15) is 18.1 Å². The van der Waals surface area contributed by atoms with Gasteiger partial charge in [0.05, 0.1) is 12.1 Å². The summed E-state index contributed by atoms with van der Waals surface area (Å²) >= 11 is 0. The molecule has 0 bridgehead atoms. The third-order valence-corrected chi connectivity index (χ3v) is 2.90. The van der Waals surface area contributed by atoms with Crippen molar-refractivity contribution in [2.75, 3.05) is 7.11 Å². The van der Waals surface area contributed by atoms with Crippen LogP contribution in [0.5, 0.6) is 0 Å². The number of methoxy groups -OCH3 is 1. The van der Waals surface area contributed by atoms with E-state index in [9.17, 15) is 4.39 Å². The molecule has 1 rings (SSSR count). The number of rotatable bonds is 5. The average Bonchev–Trinajstić information content (AvgIpc) is 2.27. The Hall–Kier alpha value is -0.970. The Morgan fingerprint density at radius 2 is 2.19 bits per heavy atom. The van der Waals surface area contributed by atoms with Crippen LogP contribution in [-0.2, 0) is 11.2 Å². The largest absolute Gasteiger partial charge is 0.380 e. The van der Waals surface area contributed by atoms with Crippen molar-refractivity contribution in [3.05, 3.63) is 35.1 Å². The minimum atomic E-state index is -0.210. The van der Waals surface area contributed by atoms with E-state index in [1.165, 1.54) is 12.1 Å². The van der Waals surface area contributed by atoms with Crippen molar-refractivity contribution in [2.45, 2.75) is 32.4 Å². The number of ether oxygens (including phenoxy) is 1. The SMILES string of the molecule is COC(C)C(Cc1ccc(F)cc1C)NN. The molecule has 2 atom stereocenters. The second-order valence-corrected chi connectivity index (χ2v) is 3.99. The Kier molecular flexibility index (Phi) is 4.86. The molecule has 16 heavy (non-hydrogen) atoms. The molecule has 4 heteroatoms. The lowest BCUT2D eigenvalue weighted by atomic mass is 9.98. The predicted octanol–water partition coefficient (Wildman–Crippen LogP) is 1.54. The van der Waals surface area contributed by atoms with E-state index in [4.69, 9.17) is 10.6 Å². The van der Waals surface area contributed by atoms with Gasteiger partial charge in [-0.15, -0.1) is 0 Å². The highest BCUT2D eigenvalue weighted by Gasteiger charge is 2.16. The number of hydrogen-bond donors (Lipinski definition) is 2. The van der Waals surface area contributed by atoms with Crippen LogP contribution in [0.15, 0.2) is 18.2 Å². The van der Waals surface area contributed by atoms with Crippen LogP contribution in [0.25, 0.3) is 0 Å². The highest BCUT2D eigenvalue weighted by molar-refractivity contribution is 5.27. The van der Waals surface area contributed by atoms with Crippen LogP contribution in [0.2, 0.25) is 0 Å². The molecule has 0 aliphatic heterocycles. The van der Waals surface area contributed by atoms with Crippen molar-refractivity contribution in [1.29, 1.82) is 0 Å². The van der Waals surface area contributed by atoms with E-state index >= 15 is 0 Å². The molecule has 3 N–H and O–H groups in total. The molecule has 1 aromatic carbocycles. The normalized spacial score (nSPS) is 14.8. The second-order valence-electron chi connectivity index (χ2n) is 3.99. The maximum atomic E-state index is 12.9. The van der Waals surface area contributed by atoms with Crippen LogP contribution < -0.4 is 11.3 Å². The molecule has 0 aromatic heterocycles. The van der Waals surface area contributed by atoms with E-state index in [1.54, 1.807) is 13.2 Å². The lowest BCUT2D eigenvalue weighted by Gasteiger charge is -2.22. The molecule has 0 saturated heterocycles. The van der Waals surface area contributed by atoms with Crippen molar-refractivity contribution in [3.63, 3.8) is 0 Å². The van der Waals surface area contributed by atoms with Gasteiger partial charge >= 0.3 is 0 Å². The number of hydrogen-bond acceptors (Lipinski definition) is 3. The fourth-order valence-electron chi connectivity index (χ4n) is 1.65. The summed E-state index contributed by atoms with van der Waals surface area (Å²) < 4.78 is 18.1. The molecular weight excluding hydrogens is 207 g/mol. The Bertz CT molecular complexity index is 344. The lowest BCUT2D eigenvalue weighted by Crippen LogP contribution is -2.45. The van der Waals surface area contributed by atoms with Gasteiger partial charge < -0.3 is 4.74 Å². The zero-order valence-electron chi connectivity index (χ0n) is 9.96. The van der Waals surface area contributed by atoms with Crippen LogP contribution in [0.4, 0.5) is 4.39 Å². The molecule has 0 radical (unpaired) electrons. The summed E-state index contributed by atoms with van der Waals surface area (Å²) in [4.78, 5) is 0. The Morgan fingerprint density at radius 3 is 2.69 bits per heavy atom. The van der Waals surface area contributed by atoms with E-state index in [2.05, 4.69) is 5.43 Å². The summed E-state index contributed by atoms with van der Waals surface area (Å²) in [6.45, 7) is 3.84. The van der Waals surface area contributed by atoms with Gasteiger partial charge in [0.25, 0.3) is 0 Å². The van der Waals surface area contributed by atoms with E-state index in [0.717, 1.165) is 17.5 Å². The van der Waals surface area contributed by atoms with Crippen LogP contribution in [0.3, 0.4) is 0 Å². The zero-order chi connectivity index (χ0) is 12.1. The maximum absolute atomic E-state index is 12.9. The summed E-state index contributed by atoms with van der Waals surface area (Å²) in [5, 5.41) is 0. The molecule has 0 amide bonds. The predicted molar refractivity (Wildman–Crippen MR) is 62.4 cm³/mol. The number of hydrazine groups is 1. The first kappa shape index (κ1) is 13.1. The third-order valence-electron chi connectivity index (χ3n) is 2.90. The minimum absolute atomic E-state index is 0.00875. The first-order valence-corrected chi connectivity index (χ1v) is 5.32. The van der Waals surface area contributed by atoms with Gasteiger partial charge in [-0.05, 0) is 43.5 Å². The summed E-state index contributed by atoms with van der Waals surface area (Å²) in [5.74, 6) is 5.26.